The van der Waals surface area contributed by atoms with E-state index in [0.717, 1.165) is 63.9 Å². The molecule has 34 heavy (non-hydrogen) atoms. The molecule has 6 nitrogen and oxygen atoms in total. The number of hydrogen-bond acceptors (Lipinski definition) is 5. The van der Waals surface area contributed by atoms with Gasteiger partial charge in [0.05, 0.1) is 17.6 Å². The average molecular weight is 459 g/mol. The zero-order valence-electron chi connectivity index (χ0n) is 19.6. The largest absolute Gasteiger partial charge is 0.508 e. The molecule has 5 aromatic rings. The highest BCUT2D eigenvalue weighted by molar-refractivity contribution is 6.15. The molecule has 0 saturated carbocycles. The molecule has 2 N–H and O–H groups in total. The molecule has 0 spiro atoms. The van der Waals surface area contributed by atoms with Crippen LogP contribution in [0.1, 0.15) is 25.0 Å². The third kappa shape index (κ3) is 4.11. The first-order chi connectivity index (χ1) is 16.6. The van der Waals surface area contributed by atoms with Crippen molar-refractivity contribution in [2.75, 3.05) is 26.2 Å². The maximum Gasteiger partial charge on any atom is 0.161 e. The molecular weight excluding hydrogens is 428 g/mol. The Bertz CT molecular complexity index is 1430. The number of aliphatic hydroxyl groups is 1. The summed E-state index contributed by atoms with van der Waals surface area (Å²) in [7, 11) is 0. The summed E-state index contributed by atoms with van der Waals surface area (Å²) in [5.41, 5.74) is 5.42. The summed E-state index contributed by atoms with van der Waals surface area (Å²) in [6.07, 6.45) is 0. The van der Waals surface area contributed by atoms with E-state index in [1.54, 1.807) is 12.1 Å². The Morgan fingerprint density at radius 3 is 2.41 bits per heavy atom. The zero-order chi connectivity index (χ0) is 23.7. The van der Waals surface area contributed by atoms with Crippen LogP contribution in [0.5, 0.6) is 11.5 Å². The Morgan fingerprint density at radius 2 is 1.68 bits per heavy atom. The Hall–Kier alpha value is -3.48. The standard InChI is InChI=1S/C28H30N2O4/c1-3-29(4-2)13-14-33-22-9-5-19(6-10-22)17-30-25-12-7-20(18-31)15-24(25)28-27(30)23-11-8-21(32)16-26(23)34-28/h5-12,15-16,31-32H,3-4,13-14,17-18H2,1-2H3. The van der Waals surface area contributed by atoms with Crippen molar-refractivity contribution in [3.63, 3.8) is 0 Å². The predicted molar refractivity (Wildman–Crippen MR) is 136 cm³/mol. The number of rotatable bonds is 9. The summed E-state index contributed by atoms with van der Waals surface area (Å²) in [4.78, 5) is 2.34. The van der Waals surface area contributed by atoms with Crippen molar-refractivity contribution in [3.8, 4) is 11.5 Å². The van der Waals surface area contributed by atoms with Crippen LogP contribution in [0.3, 0.4) is 0 Å². The quantitative estimate of drug-likeness (QED) is 0.305. The third-order valence-corrected chi connectivity index (χ3v) is 6.53. The highest BCUT2D eigenvalue weighted by atomic mass is 16.5. The molecule has 0 saturated heterocycles. The maximum absolute atomic E-state index is 9.92. The number of benzene rings is 3. The van der Waals surface area contributed by atoms with Crippen LogP contribution in [0.4, 0.5) is 0 Å². The van der Waals surface area contributed by atoms with E-state index in [1.165, 1.54) is 0 Å². The fourth-order valence-corrected chi connectivity index (χ4v) is 4.61. The third-order valence-electron chi connectivity index (χ3n) is 6.53. The number of likely N-dealkylation sites (N-methyl/N-ethyl adjacent to an activating group) is 1. The van der Waals surface area contributed by atoms with Gasteiger partial charge in [-0.05, 0) is 60.6 Å². The SMILES string of the molecule is CCN(CC)CCOc1ccc(Cn2c3ccc(CO)cc3c3oc4cc(O)ccc4c32)cc1. The van der Waals surface area contributed by atoms with Crippen LogP contribution in [0, 0.1) is 0 Å². The van der Waals surface area contributed by atoms with Crippen molar-refractivity contribution in [2.45, 2.75) is 27.0 Å². The van der Waals surface area contributed by atoms with Gasteiger partial charge in [0.25, 0.3) is 0 Å². The van der Waals surface area contributed by atoms with Crippen LogP contribution in [0.15, 0.2) is 65.1 Å². The number of ether oxygens (including phenoxy) is 1. The molecule has 0 atom stereocenters. The Kier molecular flexibility index (Phi) is 6.18. The van der Waals surface area contributed by atoms with Crippen LogP contribution < -0.4 is 4.74 Å². The first kappa shape index (κ1) is 22.3. The molecule has 2 heterocycles. The Balaban J connectivity index is 1.48. The smallest absolute Gasteiger partial charge is 0.161 e. The second-order valence-electron chi connectivity index (χ2n) is 8.58. The molecular formula is C28H30N2O4. The van der Waals surface area contributed by atoms with Crippen LogP contribution in [-0.4, -0.2) is 45.9 Å². The van der Waals surface area contributed by atoms with Crippen molar-refractivity contribution < 1.29 is 19.4 Å². The molecule has 176 valence electrons. The van der Waals surface area contributed by atoms with Crippen LogP contribution in [0.2, 0.25) is 0 Å². The summed E-state index contributed by atoms with van der Waals surface area (Å²) in [5, 5.41) is 21.5. The van der Waals surface area contributed by atoms with Gasteiger partial charge in [0, 0.05) is 29.9 Å². The summed E-state index contributed by atoms with van der Waals surface area (Å²) in [5.74, 6) is 1.04. The zero-order valence-corrected chi connectivity index (χ0v) is 19.6. The fourth-order valence-electron chi connectivity index (χ4n) is 4.61. The van der Waals surface area contributed by atoms with Crippen LogP contribution >= 0.6 is 0 Å². The molecule has 2 aromatic heterocycles. The minimum atomic E-state index is -0.0284. The van der Waals surface area contributed by atoms with Crippen molar-refractivity contribution >= 4 is 33.0 Å². The van der Waals surface area contributed by atoms with Crippen LogP contribution in [0.25, 0.3) is 33.0 Å². The molecule has 0 aliphatic rings. The van der Waals surface area contributed by atoms with E-state index in [9.17, 15) is 10.2 Å². The number of fused-ring (bicyclic) bond motifs is 5. The second-order valence-corrected chi connectivity index (χ2v) is 8.58. The van der Waals surface area contributed by atoms with Gasteiger partial charge in [0.1, 0.15) is 23.7 Å². The van der Waals surface area contributed by atoms with E-state index in [0.29, 0.717) is 18.7 Å². The number of aliphatic hydroxyl groups excluding tert-OH is 1. The first-order valence-corrected chi connectivity index (χ1v) is 11.8. The molecule has 0 radical (unpaired) electrons. The molecule has 6 heteroatoms. The molecule has 5 rings (SSSR count). The summed E-state index contributed by atoms with van der Waals surface area (Å²) >= 11 is 0. The van der Waals surface area contributed by atoms with Gasteiger partial charge in [-0.2, -0.15) is 0 Å². The van der Waals surface area contributed by atoms with E-state index in [2.05, 4.69) is 35.4 Å². The maximum atomic E-state index is 9.92. The number of phenolic OH excluding ortho intramolecular Hbond substituents is 1. The number of furan rings is 1. The van der Waals surface area contributed by atoms with Gasteiger partial charge >= 0.3 is 0 Å². The lowest BCUT2D eigenvalue weighted by molar-refractivity contribution is 0.223. The Labute approximate surface area is 198 Å². The lowest BCUT2D eigenvalue weighted by atomic mass is 10.1. The highest BCUT2D eigenvalue weighted by Crippen LogP contribution is 2.38. The minimum absolute atomic E-state index is 0.0284. The van der Waals surface area contributed by atoms with E-state index in [1.807, 2.05) is 36.4 Å². The topological polar surface area (TPSA) is 71.0 Å². The second kappa shape index (κ2) is 9.41. The molecule has 0 fully saturated rings. The van der Waals surface area contributed by atoms with Crippen molar-refractivity contribution in [1.29, 1.82) is 0 Å². The molecule has 0 amide bonds. The van der Waals surface area contributed by atoms with Crippen molar-refractivity contribution in [1.82, 2.24) is 9.47 Å². The lowest BCUT2D eigenvalue weighted by Crippen LogP contribution is -2.27. The number of aromatic hydroxyl groups is 1. The molecule has 0 unspecified atom stereocenters. The number of phenols is 1. The van der Waals surface area contributed by atoms with Gasteiger partial charge in [-0.25, -0.2) is 0 Å². The first-order valence-electron chi connectivity index (χ1n) is 11.8. The summed E-state index contributed by atoms with van der Waals surface area (Å²) in [6.45, 7) is 8.60. The van der Waals surface area contributed by atoms with E-state index < -0.39 is 0 Å². The highest BCUT2D eigenvalue weighted by Gasteiger charge is 2.19. The average Bonchev–Trinajstić information content (AvgIpc) is 3.37. The lowest BCUT2D eigenvalue weighted by Gasteiger charge is -2.18. The summed E-state index contributed by atoms with van der Waals surface area (Å²) in [6, 6.07) is 19.4. The number of hydrogen-bond donors (Lipinski definition) is 2. The van der Waals surface area contributed by atoms with Crippen molar-refractivity contribution in [3.05, 3.63) is 71.8 Å². The molecule has 0 bridgehead atoms. The van der Waals surface area contributed by atoms with Gasteiger partial charge in [0.15, 0.2) is 5.58 Å². The van der Waals surface area contributed by atoms with Gasteiger partial charge in [0.2, 0.25) is 0 Å². The molecule has 3 aromatic carbocycles. The number of aromatic nitrogens is 1. The fraction of sp³-hybridized carbons (Fsp3) is 0.286. The van der Waals surface area contributed by atoms with Crippen LogP contribution in [-0.2, 0) is 13.2 Å². The van der Waals surface area contributed by atoms with E-state index >= 15 is 0 Å². The van der Waals surface area contributed by atoms with Crippen molar-refractivity contribution in [2.24, 2.45) is 0 Å². The molecule has 0 aliphatic carbocycles. The monoisotopic (exact) mass is 458 g/mol. The predicted octanol–water partition coefficient (Wildman–Crippen LogP) is 5.51. The van der Waals surface area contributed by atoms with Gasteiger partial charge < -0.3 is 28.8 Å². The number of nitrogens with zero attached hydrogens (tertiary/aromatic N) is 2. The van der Waals surface area contributed by atoms with Gasteiger partial charge in [-0.1, -0.05) is 32.0 Å². The summed E-state index contributed by atoms with van der Waals surface area (Å²) < 4.78 is 14.4. The normalized spacial score (nSPS) is 11.9. The minimum Gasteiger partial charge on any atom is -0.508 e. The Morgan fingerprint density at radius 1 is 0.912 bits per heavy atom. The van der Waals surface area contributed by atoms with E-state index in [-0.39, 0.29) is 12.4 Å². The van der Waals surface area contributed by atoms with Gasteiger partial charge in [-0.3, -0.25) is 0 Å². The van der Waals surface area contributed by atoms with E-state index in [4.69, 9.17) is 9.15 Å². The van der Waals surface area contributed by atoms with Gasteiger partial charge in [-0.15, -0.1) is 0 Å². The molecule has 0 aliphatic heterocycles.